The fourth-order valence-corrected chi connectivity index (χ4v) is 1.87. The summed E-state index contributed by atoms with van der Waals surface area (Å²) in [5.74, 6) is -0.544. The van der Waals surface area contributed by atoms with Crippen LogP contribution in [0.15, 0.2) is 0 Å². The van der Waals surface area contributed by atoms with E-state index in [1.165, 1.54) is 6.47 Å². The van der Waals surface area contributed by atoms with Crippen molar-refractivity contribution in [3.05, 3.63) is 0 Å². The molecule has 139 valence electrons. The van der Waals surface area contributed by atoms with Gasteiger partial charge in [0.2, 0.25) is 0 Å². The van der Waals surface area contributed by atoms with Crippen molar-refractivity contribution in [2.24, 2.45) is 11.8 Å². The van der Waals surface area contributed by atoms with Crippen molar-refractivity contribution < 1.29 is 28.6 Å². The lowest BCUT2D eigenvalue weighted by atomic mass is 10.0. The third-order valence-corrected chi connectivity index (χ3v) is 3.70. The fourth-order valence-electron chi connectivity index (χ4n) is 1.87. The minimum absolute atomic E-state index is 0.146. The first-order valence-electron chi connectivity index (χ1n) is 8.43. The van der Waals surface area contributed by atoms with Crippen LogP contribution in [0.5, 0.6) is 0 Å². The molecule has 0 amide bonds. The van der Waals surface area contributed by atoms with Crippen molar-refractivity contribution in [2.45, 2.75) is 85.5 Å². The zero-order valence-electron chi connectivity index (χ0n) is 15.9. The smallest absolute Gasteiger partial charge is 0.418 e. The number of carbonyl (C=O) groups is 2. The molecule has 0 aromatic carbocycles. The number of esters is 2. The zero-order chi connectivity index (χ0) is 18.9. The van der Waals surface area contributed by atoms with Gasteiger partial charge in [0.05, 0.1) is 0 Å². The summed E-state index contributed by atoms with van der Waals surface area (Å²) in [5, 5.41) is 0. The maximum absolute atomic E-state index is 12.2. The van der Waals surface area contributed by atoms with Gasteiger partial charge < -0.3 is 14.2 Å². The van der Waals surface area contributed by atoms with Gasteiger partial charge in [-0.3, -0.25) is 4.79 Å². The summed E-state index contributed by atoms with van der Waals surface area (Å²) in [6, 6.07) is 0. The Morgan fingerprint density at radius 3 is 2.12 bits per heavy atom. The molecule has 0 saturated heterocycles. The summed E-state index contributed by atoms with van der Waals surface area (Å²) in [5.41, 5.74) is -0.862. The van der Waals surface area contributed by atoms with E-state index in [-0.39, 0.29) is 30.3 Å². The van der Waals surface area contributed by atoms with Gasteiger partial charge in [-0.2, -0.15) is 0 Å². The predicted molar refractivity (Wildman–Crippen MR) is 89.8 cm³/mol. The van der Waals surface area contributed by atoms with Crippen molar-refractivity contribution in [3.8, 4) is 0 Å². The van der Waals surface area contributed by atoms with Gasteiger partial charge in [-0.15, -0.1) is 0 Å². The molecule has 2 unspecified atom stereocenters. The molecular weight excluding hydrogens is 312 g/mol. The molecule has 6 nitrogen and oxygen atoms in total. The molecule has 1 radical (unpaired) electrons. The third-order valence-electron chi connectivity index (χ3n) is 3.70. The summed E-state index contributed by atoms with van der Waals surface area (Å²) in [4.78, 5) is 34.4. The molecule has 0 rings (SSSR count). The number of rotatable bonds is 11. The van der Waals surface area contributed by atoms with Gasteiger partial charge in [0, 0.05) is 6.42 Å². The molecule has 0 aromatic rings. The summed E-state index contributed by atoms with van der Waals surface area (Å²) in [6.45, 7) is 14.3. The van der Waals surface area contributed by atoms with E-state index < -0.39 is 17.7 Å². The molecule has 0 aliphatic rings. The Balaban J connectivity index is 4.52. The average Bonchev–Trinajstić information content (AvgIpc) is 2.43. The Morgan fingerprint density at radius 1 is 1.08 bits per heavy atom. The highest BCUT2D eigenvalue weighted by Gasteiger charge is 2.31. The molecule has 6 heteroatoms. The van der Waals surface area contributed by atoms with Crippen molar-refractivity contribution in [1.82, 2.24) is 0 Å². The lowest BCUT2D eigenvalue weighted by Crippen LogP contribution is -2.36. The Morgan fingerprint density at radius 2 is 1.67 bits per heavy atom. The molecule has 24 heavy (non-hydrogen) atoms. The molecule has 0 fully saturated rings. The highest BCUT2D eigenvalue weighted by molar-refractivity contribution is 5.76. The molecular formula is C18H31O6. The first-order chi connectivity index (χ1) is 11.0. The summed E-state index contributed by atoms with van der Waals surface area (Å²) in [7, 11) is 0. The largest absolute Gasteiger partial charge is 0.462 e. The minimum Gasteiger partial charge on any atom is -0.462 e. The zero-order valence-corrected chi connectivity index (χ0v) is 15.9. The number of ether oxygens (including phenoxy) is 3. The van der Waals surface area contributed by atoms with Crippen LogP contribution in [0.4, 0.5) is 0 Å². The quantitative estimate of drug-likeness (QED) is 0.423. The van der Waals surface area contributed by atoms with Crippen LogP contribution in [0, 0.1) is 11.8 Å². The van der Waals surface area contributed by atoms with Gasteiger partial charge in [0.1, 0.15) is 11.7 Å². The van der Waals surface area contributed by atoms with Crippen LogP contribution in [0.25, 0.3) is 0 Å². The van der Waals surface area contributed by atoms with E-state index in [0.717, 1.165) is 0 Å². The van der Waals surface area contributed by atoms with Crippen molar-refractivity contribution in [3.63, 3.8) is 0 Å². The van der Waals surface area contributed by atoms with E-state index in [0.29, 0.717) is 12.8 Å². The Hall–Kier alpha value is -1.59. The molecule has 0 aromatic heterocycles. The lowest BCUT2D eigenvalue weighted by molar-refractivity contribution is -0.169. The molecule has 0 spiro atoms. The number of hydrogen-bond acceptors (Lipinski definition) is 6. The highest BCUT2D eigenvalue weighted by atomic mass is 16.6. The second kappa shape index (κ2) is 10.3. The number of hydrogen-bond donors (Lipinski definition) is 0. The van der Waals surface area contributed by atoms with Crippen molar-refractivity contribution >= 4 is 18.4 Å². The Kier molecular flexibility index (Phi) is 9.63. The SMILES string of the molecule is CC(C)CC(O[C]=O)C(=O)OC(C)(C)CCC(=O)OC(C)C(C)C. The van der Waals surface area contributed by atoms with Crippen molar-refractivity contribution in [1.29, 1.82) is 0 Å². The van der Waals surface area contributed by atoms with Gasteiger partial charge in [-0.05, 0) is 45.4 Å². The van der Waals surface area contributed by atoms with Crippen LogP contribution < -0.4 is 0 Å². The standard InChI is InChI=1S/C18H31O6/c1-12(2)10-15(22-11-19)17(21)24-18(6,7)9-8-16(20)23-14(5)13(3)4/h12-15H,8-10H2,1-7H3. The first-order valence-corrected chi connectivity index (χ1v) is 8.43. The maximum Gasteiger partial charge on any atom is 0.418 e. The molecule has 0 aliphatic heterocycles. The fraction of sp³-hybridized carbons (Fsp3) is 0.833. The van der Waals surface area contributed by atoms with E-state index in [4.69, 9.17) is 14.2 Å². The summed E-state index contributed by atoms with van der Waals surface area (Å²) >= 11 is 0. The summed E-state index contributed by atoms with van der Waals surface area (Å²) in [6.07, 6.45) is -0.309. The van der Waals surface area contributed by atoms with Gasteiger partial charge >= 0.3 is 18.4 Å². The van der Waals surface area contributed by atoms with E-state index >= 15 is 0 Å². The van der Waals surface area contributed by atoms with Gasteiger partial charge in [-0.1, -0.05) is 27.7 Å². The highest BCUT2D eigenvalue weighted by Crippen LogP contribution is 2.21. The normalized spacial score (nSPS) is 14.2. The van der Waals surface area contributed by atoms with E-state index in [1.807, 2.05) is 34.6 Å². The molecule has 0 bridgehead atoms. The molecule has 0 aliphatic carbocycles. The van der Waals surface area contributed by atoms with Crippen LogP contribution in [0.3, 0.4) is 0 Å². The van der Waals surface area contributed by atoms with Crippen molar-refractivity contribution in [2.75, 3.05) is 0 Å². The van der Waals surface area contributed by atoms with Crippen LogP contribution in [0.2, 0.25) is 0 Å². The molecule has 2 atom stereocenters. The van der Waals surface area contributed by atoms with Gasteiger partial charge in [0.25, 0.3) is 0 Å². The van der Waals surface area contributed by atoms with Crippen LogP contribution in [-0.4, -0.2) is 36.2 Å². The molecule has 0 N–H and O–H groups in total. The second-order valence-electron chi connectivity index (χ2n) is 7.44. The van der Waals surface area contributed by atoms with Gasteiger partial charge in [0.15, 0.2) is 6.10 Å². The predicted octanol–water partition coefficient (Wildman–Crippen LogP) is 3.17. The first kappa shape index (κ1) is 22.4. The minimum atomic E-state index is -0.977. The monoisotopic (exact) mass is 343 g/mol. The van der Waals surface area contributed by atoms with Gasteiger partial charge in [-0.25, -0.2) is 9.59 Å². The van der Waals surface area contributed by atoms with Crippen LogP contribution >= 0.6 is 0 Å². The average molecular weight is 343 g/mol. The number of carbonyl (C=O) groups excluding carboxylic acids is 3. The Bertz CT molecular complexity index is 414. The van der Waals surface area contributed by atoms with E-state index in [1.54, 1.807) is 13.8 Å². The van der Waals surface area contributed by atoms with E-state index in [9.17, 15) is 14.4 Å². The molecule has 0 saturated carbocycles. The molecule has 0 heterocycles. The lowest BCUT2D eigenvalue weighted by Gasteiger charge is -2.27. The van der Waals surface area contributed by atoms with Crippen LogP contribution in [0.1, 0.15) is 67.7 Å². The Labute approximate surface area is 145 Å². The van der Waals surface area contributed by atoms with E-state index in [2.05, 4.69) is 0 Å². The topological polar surface area (TPSA) is 78.9 Å². The van der Waals surface area contributed by atoms with Crippen LogP contribution in [-0.2, 0) is 28.6 Å². The second-order valence-corrected chi connectivity index (χ2v) is 7.44. The maximum atomic E-state index is 12.2. The third kappa shape index (κ3) is 9.53. The summed E-state index contributed by atoms with van der Waals surface area (Å²) < 4.78 is 15.4.